The molecule has 2 aromatic rings. The molecule has 20 heavy (non-hydrogen) atoms. The number of carbonyl (C=O) groups excluding carboxylic acids is 1. The molecule has 106 valence electrons. The van der Waals surface area contributed by atoms with Crippen LogP contribution in [0.2, 0.25) is 0 Å². The highest BCUT2D eigenvalue weighted by Crippen LogP contribution is 2.15. The molecular weight excluding hydrogens is 258 g/mol. The molecule has 0 unspecified atom stereocenters. The quantitative estimate of drug-likeness (QED) is 0.627. The summed E-state index contributed by atoms with van der Waals surface area (Å²) in [5, 5.41) is 4.06. The van der Waals surface area contributed by atoms with Crippen LogP contribution < -0.4 is 11.5 Å². The van der Waals surface area contributed by atoms with E-state index in [0.717, 1.165) is 13.0 Å². The van der Waals surface area contributed by atoms with Crippen LogP contribution in [0, 0.1) is 0 Å². The summed E-state index contributed by atoms with van der Waals surface area (Å²) in [7, 11) is 0. The van der Waals surface area contributed by atoms with E-state index in [0.29, 0.717) is 22.8 Å². The molecule has 0 bridgehead atoms. The molecular formula is C13H17N5O2. The highest BCUT2D eigenvalue weighted by Gasteiger charge is 2.11. The number of nitrogen functional groups attached to an aromatic ring is 2. The number of nitrogens with zero attached hydrogens (tertiary/aromatic N) is 3. The lowest BCUT2D eigenvalue weighted by molar-refractivity contribution is 0.0456. The summed E-state index contributed by atoms with van der Waals surface area (Å²) in [6, 6.07) is 4.62. The maximum Gasteiger partial charge on any atom is 0.338 e. The first kappa shape index (κ1) is 13.9. The molecule has 1 aromatic heterocycles. The summed E-state index contributed by atoms with van der Waals surface area (Å²) in [5.74, 6) is 0.118. The van der Waals surface area contributed by atoms with E-state index in [1.165, 1.54) is 18.5 Å². The molecule has 0 saturated carbocycles. The Morgan fingerprint density at radius 2 is 2.00 bits per heavy atom. The molecule has 1 heterocycles. The van der Waals surface area contributed by atoms with E-state index in [9.17, 15) is 4.79 Å². The largest absolute Gasteiger partial charge is 0.454 e. The zero-order chi connectivity index (χ0) is 14.5. The first-order valence-corrected chi connectivity index (χ1v) is 6.30. The zero-order valence-electron chi connectivity index (χ0n) is 11.2. The molecule has 0 amide bonds. The fourth-order valence-corrected chi connectivity index (χ4v) is 1.81. The third-order valence-corrected chi connectivity index (χ3v) is 2.68. The maximum absolute atomic E-state index is 11.9. The second-order valence-corrected chi connectivity index (χ2v) is 4.36. The van der Waals surface area contributed by atoms with Crippen molar-refractivity contribution in [2.24, 2.45) is 0 Å². The number of rotatable bonds is 5. The summed E-state index contributed by atoms with van der Waals surface area (Å²) >= 11 is 0. The van der Waals surface area contributed by atoms with Crippen molar-refractivity contribution < 1.29 is 9.53 Å². The van der Waals surface area contributed by atoms with Crippen LogP contribution in [-0.4, -0.2) is 20.7 Å². The van der Waals surface area contributed by atoms with Gasteiger partial charge in [0.2, 0.25) is 0 Å². The van der Waals surface area contributed by atoms with Crippen LogP contribution in [0.15, 0.2) is 24.5 Å². The summed E-state index contributed by atoms with van der Waals surface area (Å²) in [6.45, 7) is 2.83. The molecule has 0 saturated heterocycles. The third-order valence-electron chi connectivity index (χ3n) is 2.68. The van der Waals surface area contributed by atoms with Gasteiger partial charge in [-0.25, -0.2) is 14.5 Å². The summed E-state index contributed by atoms with van der Waals surface area (Å²) in [5.41, 5.74) is 12.4. The lowest BCUT2D eigenvalue weighted by Gasteiger charge is -2.07. The summed E-state index contributed by atoms with van der Waals surface area (Å²) < 4.78 is 6.91. The van der Waals surface area contributed by atoms with Gasteiger partial charge in [0.1, 0.15) is 6.33 Å². The molecule has 7 nitrogen and oxygen atoms in total. The van der Waals surface area contributed by atoms with E-state index in [2.05, 4.69) is 10.1 Å². The summed E-state index contributed by atoms with van der Waals surface area (Å²) in [4.78, 5) is 16.0. The van der Waals surface area contributed by atoms with E-state index in [1.54, 1.807) is 10.7 Å². The number of aromatic nitrogens is 3. The van der Waals surface area contributed by atoms with Gasteiger partial charge in [0.25, 0.3) is 0 Å². The van der Waals surface area contributed by atoms with Gasteiger partial charge in [-0.15, -0.1) is 0 Å². The van der Waals surface area contributed by atoms with Gasteiger partial charge in [0, 0.05) is 17.9 Å². The number of aryl methyl sites for hydroxylation is 1. The van der Waals surface area contributed by atoms with Crippen LogP contribution in [0.1, 0.15) is 29.5 Å². The zero-order valence-corrected chi connectivity index (χ0v) is 11.2. The molecule has 0 spiro atoms. The number of nitrogens with two attached hydrogens (primary N) is 2. The second-order valence-electron chi connectivity index (χ2n) is 4.36. The van der Waals surface area contributed by atoms with Gasteiger partial charge in [0.05, 0.1) is 5.56 Å². The Morgan fingerprint density at radius 3 is 2.65 bits per heavy atom. The van der Waals surface area contributed by atoms with E-state index >= 15 is 0 Å². The highest BCUT2D eigenvalue weighted by molar-refractivity contribution is 5.91. The standard InChI is InChI=1S/C13H17N5O2/c1-2-3-18-12(16-8-17-18)7-20-13(19)9-4-10(14)6-11(15)5-9/h4-6,8H,2-3,7,14-15H2,1H3. The predicted molar refractivity (Wildman–Crippen MR) is 74.7 cm³/mol. The lowest BCUT2D eigenvalue weighted by Crippen LogP contribution is -2.11. The van der Waals surface area contributed by atoms with Crippen molar-refractivity contribution in [3.63, 3.8) is 0 Å². The smallest absolute Gasteiger partial charge is 0.338 e. The fourth-order valence-electron chi connectivity index (χ4n) is 1.81. The minimum atomic E-state index is -0.491. The van der Waals surface area contributed by atoms with E-state index in [1.807, 2.05) is 6.92 Å². The van der Waals surface area contributed by atoms with Crippen LogP contribution >= 0.6 is 0 Å². The van der Waals surface area contributed by atoms with Crippen LogP contribution in [0.3, 0.4) is 0 Å². The molecule has 4 N–H and O–H groups in total. The molecule has 0 aliphatic heterocycles. The monoisotopic (exact) mass is 275 g/mol. The highest BCUT2D eigenvalue weighted by atomic mass is 16.5. The number of benzene rings is 1. The van der Waals surface area contributed by atoms with E-state index in [-0.39, 0.29) is 6.61 Å². The number of anilines is 2. The number of ether oxygens (including phenoxy) is 1. The topological polar surface area (TPSA) is 109 Å². The van der Waals surface area contributed by atoms with Crippen LogP contribution in [0.5, 0.6) is 0 Å². The molecule has 2 rings (SSSR count). The van der Waals surface area contributed by atoms with Crippen molar-refractivity contribution in [2.45, 2.75) is 26.5 Å². The first-order chi connectivity index (χ1) is 9.60. The van der Waals surface area contributed by atoms with E-state index < -0.39 is 5.97 Å². The van der Waals surface area contributed by atoms with Crippen molar-refractivity contribution >= 4 is 17.3 Å². The van der Waals surface area contributed by atoms with Crippen LogP contribution in [-0.2, 0) is 17.9 Å². The predicted octanol–water partition coefficient (Wildman–Crippen LogP) is 1.21. The van der Waals surface area contributed by atoms with Gasteiger partial charge in [0.15, 0.2) is 12.4 Å². The van der Waals surface area contributed by atoms with Crippen LogP contribution in [0.4, 0.5) is 11.4 Å². The molecule has 0 fully saturated rings. The van der Waals surface area contributed by atoms with Crippen molar-refractivity contribution in [1.29, 1.82) is 0 Å². The van der Waals surface area contributed by atoms with Gasteiger partial charge in [-0.1, -0.05) is 6.92 Å². The first-order valence-electron chi connectivity index (χ1n) is 6.30. The Morgan fingerprint density at radius 1 is 1.30 bits per heavy atom. The Labute approximate surface area is 116 Å². The average Bonchev–Trinajstić information content (AvgIpc) is 2.83. The minimum Gasteiger partial charge on any atom is -0.454 e. The normalized spacial score (nSPS) is 10.4. The average molecular weight is 275 g/mol. The van der Waals surface area contributed by atoms with Crippen LogP contribution in [0.25, 0.3) is 0 Å². The van der Waals surface area contributed by atoms with Gasteiger partial charge in [-0.2, -0.15) is 5.10 Å². The Kier molecular flexibility index (Phi) is 4.19. The number of hydrogen-bond donors (Lipinski definition) is 2. The molecule has 7 heteroatoms. The molecule has 0 aliphatic rings. The van der Waals surface area contributed by atoms with Crippen molar-refractivity contribution in [3.05, 3.63) is 35.9 Å². The maximum atomic E-state index is 11.9. The van der Waals surface area contributed by atoms with Crippen molar-refractivity contribution in [2.75, 3.05) is 11.5 Å². The molecule has 1 aromatic carbocycles. The third kappa shape index (κ3) is 3.25. The van der Waals surface area contributed by atoms with Gasteiger partial charge in [-0.05, 0) is 24.6 Å². The fraction of sp³-hybridized carbons (Fsp3) is 0.308. The minimum absolute atomic E-state index is 0.0630. The lowest BCUT2D eigenvalue weighted by atomic mass is 10.2. The molecule has 0 atom stereocenters. The molecule has 0 aliphatic carbocycles. The van der Waals surface area contributed by atoms with E-state index in [4.69, 9.17) is 16.2 Å². The Bertz CT molecular complexity index is 588. The number of carbonyl (C=O) groups is 1. The number of hydrogen-bond acceptors (Lipinski definition) is 6. The van der Waals surface area contributed by atoms with Crippen molar-refractivity contribution in [1.82, 2.24) is 14.8 Å². The van der Waals surface area contributed by atoms with Crippen molar-refractivity contribution in [3.8, 4) is 0 Å². The van der Waals surface area contributed by atoms with Gasteiger partial charge in [-0.3, -0.25) is 0 Å². The Balaban J connectivity index is 2.03. The molecule has 0 radical (unpaired) electrons. The Hall–Kier alpha value is -2.57. The van der Waals surface area contributed by atoms with Gasteiger partial charge >= 0.3 is 5.97 Å². The SMILES string of the molecule is CCCn1ncnc1COC(=O)c1cc(N)cc(N)c1. The number of esters is 1. The second kappa shape index (κ2) is 6.05. The summed E-state index contributed by atoms with van der Waals surface area (Å²) in [6.07, 6.45) is 2.37. The van der Waals surface area contributed by atoms with Gasteiger partial charge < -0.3 is 16.2 Å².